The summed E-state index contributed by atoms with van der Waals surface area (Å²) in [6.45, 7) is 36.1. The molecule has 125 heavy (non-hydrogen) atoms. The van der Waals surface area contributed by atoms with Crippen LogP contribution in [0.15, 0.2) is 345 Å². The molecule has 4 nitrogen and oxygen atoms in total. The van der Waals surface area contributed by atoms with Crippen LogP contribution in [0.25, 0.3) is 133 Å². The van der Waals surface area contributed by atoms with E-state index >= 15 is 0 Å². The summed E-state index contributed by atoms with van der Waals surface area (Å²) in [6, 6.07) is 95.6. The molecule has 0 N–H and O–H groups in total. The highest BCUT2D eigenvalue weighted by atomic mass is 15.2. The largest absolute Gasteiger partial charge is 0.310 e. The molecule has 4 heterocycles. The van der Waals surface area contributed by atoms with E-state index in [0.29, 0.717) is 45.0 Å². The minimum absolute atomic E-state index is 0.0174. The summed E-state index contributed by atoms with van der Waals surface area (Å²) < 4.78 is 129. The fourth-order valence-electron chi connectivity index (χ4n) is 18.4. The van der Waals surface area contributed by atoms with Gasteiger partial charge in [-0.1, -0.05) is 361 Å². The van der Waals surface area contributed by atoms with Gasteiger partial charge in [-0.25, -0.2) is 0 Å². The summed E-state index contributed by atoms with van der Waals surface area (Å²) in [6.07, 6.45) is 0. The summed E-state index contributed by atoms with van der Waals surface area (Å²) in [5.41, 5.74) is 21.3. The van der Waals surface area contributed by atoms with Gasteiger partial charge in [0.15, 0.2) is 0 Å². The monoisotopic (exact) mass is 1630 g/mol. The Morgan fingerprint density at radius 3 is 0.768 bits per heavy atom. The van der Waals surface area contributed by atoms with E-state index in [4.69, 9.17) is 0 Å². The third-order valence-electron chi connectivity index (χ3n) is 25.4. The van der Waals surface area contributed by atoms with Gasteiger partial charge in [-0.3, -0.25) is 0 Å². The lowest BCUT2D eigenvalue weighted by Gasteiger charge is -2.46. The van der Waals surface area contributed by atoms with Crippen LogP contribution in [0.2, 0.25) is 0 Å². The lowest BCUT2D eigenvalue weighted by molar-refractivity contribution is 0.590. The number of aromatic nitrogens is 2. The summed E-state index contributed by atoms with van der Waals surface area (Å²) in [7, 11) is 0. The van der Waals surface area contributed by atoms with Crippen molar-refractivity contribution in [1.82, 2.24) is 9.13 Å². The van der Waals surface area contributed by atoms with Crippen molar-refractivity contribution in [1.29, 1.82) is 0 Å². The molecule has 2 aliphatic heterocycles. The fraction of sp³-hybridized carbons (Fsp3) is 0.200. The molecule has 2 aromatic heterocycles. The Labute approximate surface area is 757 Å². The SMILES string of the molecule is [2H]c1c(C(C)(C)C)c([2H])c2c3c([2H])c(C(C)(C)C)c([2H])c([2H])c3n(-c3ccc4c(c3)N(c3c(-c5ccccc5)cc(-c5ccccc5)cc3-c3ccccc3)c3cc(C(C)(C)C)cc5c3B4c3ccc(-n4c6c([2H])c([2H])c(C(C)(C)C)c([2H])c6c6c([2H])c(C(C)(C)C)c([2H])c([2H])c64)cc3N5c3c(-c4ccc(-c5ccccc5)cc4)cc(C(C)(C)C)cc3-c3ccc(-c4ccccc4)cc3)c2c1[2H]. The third-order valence-corrected chi connectivity index (χ3v) is 25.4. The Morgan fingerprint density at radius 1 is 0.224 bits per heavy atom. The Bertz CT molecular complexity index is 7700. The van der Waals surface area contributed by atoms with Crippen molar-refractivity contribution in [3.8, 4) is 89.3 Å². The summed E-state index contributed by atoms with van der Waals surface area (Å²) in [5.74, 6) is 0. The van der Waals surface area contributed by atoms with E-state index in [1.54, 1.807) is 0 Å². The van der Waals surface area contributed by atoms with E-state index < -0.39 is 39.2 Å². The lowest BCUT2D eigenvalue weighted by atomic mass is 9.33. The number of fused-ring (bicyclic) bond motifs is 10. The van der Waals surface area contributed by atoms with Crippen LogP contribution < -0.4 is 26.2 Å². The Morgan fingerprint density at radius 2 is 0.472 bits per heavy atom. The zero-order valence-corrected chi connectivity index (χ0v) is 74.8. The molecule has 2 aliphatic rings. The molecule has 0 atom stereocenters. The second-order valence-corrected chi connectivity index (χ2v) is 40.4. The number of rotatable bonds is 11. The summed E-state index contributed by atoms with van der Waals surface area (Å²) >= 11 is 0. The minimum atomic E-state index is -0.823. The second kappa shape index (κ2) is 29.8. The van der Waals surface area contributed by atoms with Crippen LogP contribution in [0.5, 0.6) is 0 Å². The Hall–Kier alpha value is -13.2. The standard InChI is InChI=1S/C120H111BN4/c1-115(2,3)86-52-60-104-98(66-86)99-67-87(116(4,5)6)53-61-105(99)122(104)92-56-58-102-108(74-92)124(113-94(81-40-30-22-31-41-81)64-85(78-38-28-21-29-39-78)65-95(113)82-42-32-23-33-43-82)110-72-91(120(16,17)18)73-111-112(110)121(102)103-59-57-93(123-106-62-54-88(117(7,8)9)68-100(106)101-69-89(118(10,11)12)55-63-107(101)123)75-109(103)125(111)114-96(83-48-44-79(45-49-83)76-34-24-19-25-35-76)70-90(119(13,14)15)71-97(114)84-50-46-80(47-51-84)77-36-26-20-27-37-77/h19-75H,1-18H3/i52D,53D,54D,55D,60D,61D,62D,63D,66D,67D,68D,69D. The molecule has 16 aromatic carbocycles. The van der Waals surface area contributed by atoms with Gasteiger partial charge in [0.1, 0.15) is 0 Å². The minimum Gasteiger partial charge on any atom is -0.310 e. The zero-order valence-electron chi connectivity index (χ0n) is 86.8. The number of hydrogen-bond acceptors (Lipinski definition) is 2. The first-order valence-corrected chi connectivity index (χ1v) is 43.9. The first-order valence-electron chi connectivity index (χ1n) is 49.9. The molecule has 0 unspecified atom stereocenters. The molecule has 614 valence electrons. The predicted octanol–water partition coefficient (Wildman–Crippen LogP) is 31.4. The van der Waals surface area contributed by atoms with E-state index in [1.165, 1.54) is 0 Å². The molecule has 18 aromatic rings. The summed E-state index contributed by atoms with van der Waals surface area (Å²) in [5, 5.41) is 1.03. The summed E-state index contributed by atoms with van der Waals surface area (Å²) in [4.78, 5) is 4.93. The normalized spacial score (nSPS) is 14.5. The van der Waals surface area contributed by atoms with Gasteiger partial charge in [0.2, 0.25) is 0 Å². The Balaban J connectivity index is 1.01. The molecular formula is C120H111BN4. The molecular weight excluding hydrogens is 1510 g/mol. The van der Waals surface area contributed by atoms with Crippen molar-refractivity contribution in [3.63, 3.8) is 0 Å². The van der Waals surface area contributed by atoms with Crippen LogP contribution >= 0.6 is 0 Å². The van der Waals surface area contributed by atoms with Gasteiger partial charge < -0.3 is 18.9 Å². The number of hydrogen-bond donors (Lipinski definition) is 0. The van der Waals surface area contributed by atoms with Crippen molar-refractivity contribution < 1.29 is 16.4 Å². The second-order valence-electron chi connectivity index (χ2n) is 40.4. The van der Waals surface area contributed by atoms with Gasteiger partial charge in [0.25, 0.3) is 6.71 Å². The van der Waals surface area contributed by atoms with Crippen molar-refractivity contribution >= 4 is 101 Å². The van der Waals surface area contributed by atoms with Gasteiger partial charge in [0, 0.05) is 77.9 Å². The number of anilines is 6. The first kappa shape index (κ1) is 67.3. The fourth-order valence-corrected chi connectivity index (χ4v) is 18.4. The van der Waals surface area contributed by atoms with E-state index in [0.717, 1.165) is 128 Å². The molecule has 0 fully saturated rings. The molecule has 20 rings (SSSR count). The van der Waals surface area contributed by atoms with Gasteiger partial charge in [-0.15, -0.1) is 0 Å². The Kier molecular flexibility index (Phi) is 16.0. The van der Waals surface area contributed by atoms with Crippen LogP contribution in [0.1, 0.15) is 174 Å². The molecule has 0 saturated carbocycles. The smallest absolute Gasteiger partial charge is 0.252 e. The van der Waals surface area contributed by atoms with Gasteiger partial charge in [-0.2, -0.15) is 0 Å². The highest BCUT2D eigenvalue weighted by Gasteiger charge is 2.47. The molecule has 0 radical (unpaired) electrons. The molecule has 0 bridgehead atoms. The van der Waals surface area contributed by atoms with Crippen molar-refractivity contribution in [2.24, 2.45) is 0 Å². The van der Waals surface area contributed by atoms with Crippen LogP contribution in [-0.2, 0) is 32.5 Å². The number of benzene rings is 16. The molecule has 5 heteroatoms. The van der Waals surface area contributed by atoms with Crippen molar-refractivity contribution in [2.75, 3.05) is 9.80 Å². The maximum atomic E-state index is 10.6. The maximum Gasteiger partial charge on any atom is 0.252 e. The lowest BCUT2D eigenvalue weighted by Crippen LogP contribution is -2.61. The van der Waals surface area contributed by atoms with Gasteiger partial charge >= 0.3 is 0 Å². The highest BCUT2D eigenvalue weighted by Crippen LogP contribution is 2.57. The average Bonchev–Trinajstić information content (AvgIpc) is 0.950. The van der Waals surface area contributed by atoms with Gasteiger partial charge in [-0.05, 0) is 247 Å². The zero-order chi connectivity index (χ0) is 97.2. The highest BCUT2D eigenvalue weighted by molar-refractivity contribution is 7.00. The van der Waals surface area contributed by atoms with Crippen LogP contribution in [-0.4, -0.2) is 15.8 Å². The first-order chi connectivity index (χ1) is 64.8. The van der Waals surface area contributed by atoms with Crippen LogP contribution in [0.3, 0.4) is 0 Å². The van der Waals surface area contributed by atoms with Crippen molar-refractivity contribution in [3.05, 3.63) is 379 Å². The third kappa shape index (κ3) is 14.1. The quantitative estimate of drug-likeness (QED) is 0.120. The van der Waals surface area contributed by atoms with E-state index in [9.17, 15) is 16.4 Å². The van der Waals surface area contributed by atoms with E-state index in [2.05, 4.69) is 282 Å². The van der Waals surface area contributed by atoms with Gasteiger partial charge in [0.05, 0.1) is 49.9 Å². The average molecular weight is 1630 g/mol. The molecule has 0 saturated heterocycles. The van der Waals surface area contributed by atoms with E-state index in [1.807, 2.05) is 135 Å². The molecule has 0 amide bonds. The predicted molar refractivity (Wildman–Crippen MR) is 539 cm³/mol. The maximum absolute atomic E-state index is 10.6. The number of nitrogens with zero attached hydrogens (tertiary/aromatic N) is 4. The van der Waals surface area contributed by atoms with Crippen LogP contribution in [0.4, 0.5) is 34.1 Å². The molecule has 0 aliphatic carbocycles. The molecule has 0 spiro atoms. The van der Waals surface area contributed by atoms with E-state index in [-0.39, 0.29) is 116 Å². The topological polar surface area (TPSA) is 16.3 Å². The van der Waals surface area contributed by atoms with Crippen molar-refractivity contribution in [2.45, 2.75) is 157 Å². The van der Waals surface area contributed by atoms with Crippen LogP contribution in [0, 0.1) is 0 Å².